The van der Waals surface area contributed by atoms with E-state index in [-0.39, 0.29) is 11.6 Å². The minimum absolute atomic E-state index is 0.104. The Morgan fingerprint density at radius 1 is 1.47 bits per heavy atom. The molecule has 2 rings (SSSR count). The van der Waals surface area contributed by atoms with Gasteiger partial charge < -0.3 is 10.3 Å². The average Bonchev–Trinajstić information content (AvgIpc) is 2.43. The Hall–Kier alpha value is -2.12. The fraction of sp³-hybridized carbons (Fsp3) is 0.333. The molecule has 1 aromatic carbocycles. The van der Waals surface area contributed by atoms with Crippen molar-refractivity contribution in [3.05, 3.63) is 40.4 Å². The standard InChI is InChI=1S/C15H17N3O/c1-3-7-11(4-2)16-10-14-17-13-9-6-5-8-12(13)15(19)18-14/h1,5-6,8-9,11,16H,4,7,10H2,2H3,(H,17,18,19). The van der Waals surface area contributed by atoms with Crippen LogP contribution >= 0.6 is 0 Å². The topological polar surface area (TPSA) is 57.8 Å². The number of para-hydroxylation sites is 1. The number of nitrogens with zero attached hydrogens (tertiary/aromatic N) is 1. The van der Waals surface area contributed by atoms with E-state index in [9.17, 15) is 4.79 Å². The zero-order valence-corrected chi connectivity index (χ0v) is 10.9. The van der Waals surface area contributed by atoms with Gasteiger partial charge in [-0.3, -0.25) is 4.79 Å². The number of H-pyrrole nitrogens is 1. The zero-order chi connectivity index (χ0) is 13.7. The van der Waals surface area contributed by atoms with E-state index < -0.39 is 0 Å². The van der Waals surface area contributed by atoms with E-state index in [4.69, 9.17) is 6.42 Å². The van der Waals surface area contributed by atoms with Crippen LogP contribution in [0.2, 0.25) is 0 Å². The van der Waals surface area contributed by atoms with E-state index in [1.807, 2.05) is 18.2 Å². The Balaban J connectivity index is 2.18. The summed E-state index contributed by atoms with van der Waals surface area (Å²) in [7, 11) is 0. The van der Waals surface area contributed by atoms with E-state index in [0.29, 0.717) is 29.7 Å². The predicted octanol–water partition coefficient (Wildman–Crippen LogP) is 1.81. The van der Waals surface area contributed by atoms with Crippen LogP contribution in [-0.2, 0) is 6.54 Å². The number of hydrogen-bond donors (Lipinski definition) is 2. The summed E-state index contributed by atoms with van der Waals surface area (Å²) in [5.74, 6) is 3.28. The molecule has 98 valence electrons. The summed E-state index contributed by atoms with van der Waals surface area (Å²) in [5.41, 5.74) is 0.612. The number of aromatic amines is 1. The maximum atomic E-state index is 11.9. The van der Waals surface area contributed by atoms with Gasteiger partial charge in [-0.2, -0.15) is 0 Å². The summed E-state index contributed by atoms with van der Waals surface area (Å²) in [6.45, 7) is 2.59. The third kappa shape index (κ3) is 3.21. The van der Waals surface area contributed by atoms with Crippen molar-refractivity contribution < 1.29 is 0 Å². The number of nitrogens with one attached hydrogen (secondary N) is 2. The predicted molar refractivity (Wildman–Crippen MR) is 76.7 cm³/mol. The van der Waals surface area contributed by atoms with Crippen molar-refractivity contribution in [2.24, 2.45) is 0 Å². The Morgan fingerprint density at radius 2 is 2.26 bits per heavy atom. The first kappa shape index (κ1) is 13.3. The highest BCUT2D eigenvalue weighted by atomic mass is 16.1. The zero-order valence-electron chi connectivity index (χ0n) is 10.9. The molecule has 0 spiro atoms. The van der Waals surface area contributed by atoms with Crippen LogP contribution < -0.4 is 10.9 Å². The molecular formula is C15H17N3O. The van der Waals surface area contributed by atoms with Gasteiger partial charge in [0.1, 0.15) is 5.82 Å². The molecule has 1 atom stereocenters. The van der Waals surface area contributed by atoms with E-state index in [1.54, 1.807) is 6.07 Å². The Bertz CT molecular complexity index is 654. The lowest BCUT2D eigenvalue weighted by Gasteiger charge is -2.13. The Labute approximate surface area is 112 Å². The van der Waals surface area contributed by atoms with Crippen molar-refractivity contribution in [2.75, 3.05) is 0 Å². The summed E-state index contributed by atoms with van der Waals surface area (Å²) in [5, 5.41) is 3.92. The van der Waals surface area contributed by atoms with Crippen molar-refractivity contribution in [3.63, 3.8) is 0 Å². The lowest BCUT2D eigenvalue weighted by Crippen LogP contribution is -2.29. The summed E-state index contributed by atoms with van der Waals surface area (Å²) < 4.78 is 0. The van der Waals surface area contributed by atoms with Gasteiger partial charge in [0.25, 0.3) is 5.56 Å². The van der Waals surface area contributed by atoms with Gasteiger partial charge in [-0.05, 0) is 18.6 Å². The van der Waals surface area contributed by atoms with Crippen molar-refractivity contribution in [1.29, 1.82) is 0 Å². The Kier molecular flexibility index (Phi) is 4.32. The third-order valence-electron chi connectivity index (χ3n) is 3.08. The van der Waals surface area contributed by atoms with Crippen LogP contribution in [0.1, 0.15) is 25.6 Å². The highest BCUT2D eigenvalue weighted by Gasteiger charge is 2.06. The average molecular weight is 255 g/mol. The van der Waals surface area contributed by atoms with Gasteiger partial charge in [0.2, 0.25) is 0 Å². The molecule has 0 saturated carbocycles. The molecule has 0 saturated heterocycles. The maximum absolute atomic E-state index is 11.9. The van der Waals surface area contributed by atoms with Crippen molar-refractivity contribution in [2.45, 2.75) is 32.4 Å². The first-order valence-electron chi connectivity index (χ1n) is 6.39. The summed E-state index contributed by atoms with van der Waals surface area (Å²) in [6, 6.07) is 7.57. The van der Waals surface area contributed by atoms with Gasteiger partial charge in [0.15, 0.2) is 0 Å². The molecule has 0 radical (unpaired) electrons. The molecule has 1 unspecified atom stereocenters. The molecule has 1 heterocycles. The molecule has 0 aliphatic carbocycles. The lowest BCUT2D eigenvalue weighted by atomic mass is 10.1. The SMILES string of the molecule is C#CCC(CC)NCc1nc2ccccc2c(=O)[nH]1. The minimum atomic E-state index is -0.104. The first-order valence-corrected chi connectivity index (χ1v) is 6.39. The molecular weight excluding hydrogens is 238 g/mol. The van der Waals surface area contributed by atoms with Gasteiger partial charge in [-0.15, -0.1) is 12.3 Å². The smallest absolute Gasteiger partial charge is 0.258 e. The summed E-state index contributed by atoms with van der Waals surface area (Å²) >= 11 is 0. The number of fused-ring (bicyclic) bond motifs is 1. The highest BCUT2D eigenvalue weighted by Crippen LogP contribution is 2.06. The number of aromatic nitrogens is 2. The summed E-state index contributed by atoms with van der Waals surface area (Å²) in [6.07, 6.45) is 6.93. The summed E-state index contributed by atoms with van der Waals surface area (Å²) in [4.78, 5) is 19.1. The molecule has 0 aliphatic heterocycles. The van der Waals surface area contributed by atoms with Gasteiger partial charge >= 0.3 is 0 Å². The maximum Gasteiger partial charge on any atom is 0.258 e. The molecule has 0 amide bonds. The number of benzene rings is 1. The second-order valence-corrected chi connectivity index (χ2v) is 4.42. The van der Waals surface area contributed by atoms with Crippen LogP contribution in [-0.4, -0.2) is 16.0 Å². The van der Waals surface area contributed by atoms with Crippen LogP contribution in [0.25, 0.3) is 10.9 Å². The largest absolute Gasteiger partial charge is 0.309 e. The van der Waals surface area contributed by atoms with Crippen molar-refractivity contribution in [1.82, 2.24) is 15.3 Å². The molecule has 2 aromatic rings. The normalized spacial score (nSPS) is 12.2. The molecule has 0 aliphatic rings. The van der Waals surface area contributed by atoms with E-state index in [1.165, 1.54) is 0 Å². The molecule has 4 nitrogen and oxygen atoms in total. The lowest BCUT2D eigenvalue weighted by molar-refractivity contribution is 0.497. The van der Waals surface area contributed by atoms with Gasteiger partial charge in [0, 0.05) is 12.5 Å². The van der Waals surface area contributed by atoms with E-state index >= 15 is 0 Å². The highest BCUT2D eigenvalue weighted by molar-refractivity contribution is 5.77. The third-order valence-corrected chi connectivity index (χ3v) is 3.08. The van der Waals surface area contributed by atoms with E-state index in [0.717, 1.165) is 6.42 Å². The number of hydrogen-bond acceptors (Lipinski definition) is 3. The second kappa shape index (κ2) is 6.17. The molecule has 4 heteroatoms. The van der Waals surface area contributed by atoms with Gasteiger partial charge in [-0.1, -0.05) is 19.1 Å². The fourth-order valence-electron chi connectivity index (χ4n) is 1.96. The Morgan fingerprint density at radius 3 is 3.00 bits per heavy atom. The molecule has 0 bridgehead atoms. The van der Waals surface area contributed by atoms with Crippen LogP contribution in [0.4, 0.5) is 0 Å². The monoisotopic (exact) mass is 255 g/mol. The van der Waals surface area contributed by atoms with E-state index in [2.05, 4.69) is 28.1 Å². The molecule has 1 aromatic heterocycles. The minimum Gasteiger partial charge on any atom is -0.309 e. The number of rotatable bonds is 5. The molecule has 0 fully saturated rings. The van der Waals surface area contributed by atoms with Crippen LogP contribution in [0.15, 0.2) is 29.1 Å². The fourth-order valence-corrected chi connectivity index (χ4v) is 1.96. The number of terminal acetylenes is 1. The van der Waals surface area contributed by atoms with Crippen molar-refractivity contribution >= 4 is 10.9 Å². The molecule has 19 heavy (non-hydrogen) atoms. The van der Waals surface area contributed by atoms with Gasteiger partial charge in [-0.25, -0.2) is 4.98 Å². The van der Waals surface area contributed by atoms with Crippen LogP contribution in [0, 0.1) is 12.3 Å². The van der Waals surface area contributed by atoms with Gasteiger partial charge in [0.05, 0.1) is 17.4 Å². The second-order valence-electron chi connectivity index (χ2n) is 4.42. The quantitative estimate of drug-likeness (QED) is 0.801. The van der Waals surface area contributed by atoms with Crippen molar-refractivity contribution in [3.8, 4) is 12.3 Å². The first-order chi connectivity index (χ1) is 9.24. The molecule has 2 N–H and O–H groups in total. The van der Waals surface area contributed by atoms with Crippen LogP contribution in [0.5, 0.6) is 0 Å². The van der Waals surface area contributed by atoms with Crippen LogP contribution in [0.3, 0.4) is 0 Å².